The SMILES string of the molecule is CCC/C=C/CCCCCCCCCCBr. The first-order chi connectivity index (χ1) is 7.91. The molecule has 0 atom stereocenters. The van der Waals surface area contributed by atoms with Crippen molar-refractivity contribution < 1.29 is 0 Å². The molecule has 0 radical (unpaired) electrons. The molecular formula is C15H29Br. The molecule has 0 unspecified atom stereocenters. The summed E-state index contributed by atoms with van der Waals surface area (Å²) < 4.78 is 0. The van der Waals surface area contributed by atoms with Gasteiger partial charge in [0.05, 0.1) is 0 Å². The van der Waals surface area contributed by atoms with Crippen molar-refractivity contribution in [2.24, 2.45) is 0 Å². The molecule has 0 heterocycles. The van der Waals surface area contributed by atoms with E-state index in [2.05, 4.69) is 35.0 Å². The third kappa shape index (κ3) is 14.2. The molecular weight excluding hydrogens is 260 g/mol. The Labute approximate surface area is 111 Å². The summed E-state index contributed by atoms with van der Waals surface area (Å²) in [6.45, 7) is 2.24. The second-order valence-electron chi connectivity index (χ2n) is 4.57. The Balaban J connectivity index is 2.93. The Morgan fingerprint density at radius 1 is 0.688 bits per heavy atom. The maximum atomic E-state index is 3.47. The van der Waals surface area contributed by atoms with E-state index < -0.39 is 0 Å². The standard InChI is InChI=1S/C15H29Br/c1-2-3-4-5-6-7-8-9-10-11-12-13-14-15-16/h4-5H,2-3,6-15H2,1H3/b5-4+. The van der Waals surface area contributed by atoms with Crippen molar-refractivity contribution in [3.8, 4) is 0 Å². The summed E-state index contributed by atoms with van der Waals surface area (Å²) in [4.78, 5) is 0. The minimum absolute atomic E-state index is 1.18. The van der Waals surface area contributed by atoms with Gasteiger partial charge in [-0.05, 0) is 25.7 Å². The van der Waals surface area contributed by atoms with E-state index in [1.807, 2.05) is 0 Å². The van der Waals surface area contributed by atoms with E-state index in [1.165, 1.54) is 76.0 Å². The molecule has 96 valence electrons. The van der Waals surface area contributed by atoms with Crippen LogP contribution in [-0.2, 0) is 0 Å². The van der Waals surface area contributed by atoms with Crippen molar-refractivity contribution in [2.45, 2.75) is 77.6 Å². The molecule has 0 spiro atoms. The van der Waals surface area contributed by atoms with Crippen LogP contribution in [0.1, 0.15) is 77.6 Å². The number of rotatable bonds is 12. The van der Waals surface area contributed by atoms with Crippen LogP contribution >= 0.6 is 15.9 Å². The number of hydrogen-bond acceptors (Lipinski definition) is 0. The van der Waals surface area contributed by atoms with E-state index >= 15 is 0 Å². The van der Waals surface area contributed by atoms with E-state index in [9.17, 15) is 0 Å². The summed E-state index contributed by atoms with van der Waals surface area (Å²) >= 11 is 3.47. The minimum Gasteiger partial charge on any atom is -0.0928 e. The average molecular weight is 289 g/mol. The molecule has 0 aliphatic carbocycles. The number of hydrogen-bond donors (Lipinski definition) is 0. The molecule has 0 aromatic rings. The zero-order valence-electron chi connectivity index (χ0n) is 11.0. The van der Waals surface area contributed by atoms with Crippen molar-refractivity contribution in [1.82, 2.24) is 0 Å². The number of unbranched alkanes of at least 4 members (excludes halogenated alkanes) is 9. The Hall–Kier alpha value is 0.220. The van der Waals surface area contributed by atoms with E-state index in [0.29, 0.717) is 0 Å². The van der Waals surface area contributed by atoms with Gasteiger partial charge in [-0.1, -0.05) is 80.0 Å². The first-order valence-corrected chi connectivity index (χ1v) is 8.25. The van der Waals surface area contributed by atoms with Crippen molar-refractivity contribution in [3.05, 3.63) is 12.2 Å². The van der Waals surface area contributed by atoms with Gasteiger partial charge in [-0.25, -0.2) is 0 Å². The second-order valence-corrected chi connectivity index (χ2v) is 5.36. The van der Waals surface area contributed by atoms with Gasteiger partial charge < -0.3 is 0 Å². The Morgan fingerprint density at radius 2 is 1.19 bits per heavy atom. The molecule has 0 saturated heterocycles. The van der Waals surface area contributed by atoms with Crippen LogP contribution in [0.4, 0.5) is 0 Å². The highest BCUT2D eigenvalue weighted by Crippen LogP contribution is 2.10. The molecule has 16 heavy (non-hydrogen) atoms. The van der Waals surface area contributed by atoms with Crippen molar-refractivity contribution in [3.63, 3.8) is 0 Å². The van der Waals surface area contributed by atoms with E-state index in [-0.39, 0.29) is 0 Å². The molecule has 0 aromatic heterocycles. The average Bonchev–Trinajstić information content (AvgIpc) is 2.31. The number of allylic oxidation sites excluding steroid dienone is 2. The fraction of sp³-hybridized carbons (Fsp3) is 0.867. The van der Waals surface area contributed by atoms with Gasteiger partial charge in [0.15, 0.2) is 0 Å². The fourth-order valence-electron chi connectivity index (χ4n) is 1.82. The third-order valence-electron chi connectivity index (χ3n) is 2.88. The highest BCUT2D eigenvalue weighted by atomic mass is 79.9. The topological polar surface area (TPSA) is 0 Å². The van der Waals surface area contributed by atoms with Gasteiger partial charge >= 0.3 is 0 Å². The zero-order valence-corrected chi connectivity index (χ0v) is 12.6. The Kier molecular flexibility index (Phi) is 15.4. The quantitative estimate of drug-likeness (QED) is 0.226. The summed E-state index contributed by atoms with van der Waals surface area (Å²) in [6.07, 6.45) is 19.9. The van der Waals surface area contributed by atoms with Crippen LogP contribution in [0.15, 0.2) is 12.2 Å². The van der Waals surface area contributed by atoms with Crippen molar-refractivity contribution >= 4 is 15.9 Å². The first-order valence-electron chi connectivity index (χ1n) is 7.12. The van der Waals surface area contributed by atoms with Crippen LogP contribution in [0.25, 0.3) is 0 Å². The number of halogens is 1. The van der Waals surface area contributed by atoms with Crippen LogP contribution < -0.4 is 0 Å². The van der Waals surface area contributed by atoms with Gasteiger partial charge in [0.2, 0.25) is 0 Å². The molecule has 0 aliphatic heterocycles. The summed E-state index contributed by atoms with van der Waals surface area (Å²) in [7, 11) is 0. The molecule has 1 heteroatoms. The highest BCUT2D eigenvalue weighted by molar-refractivity contribution is 9.09. The van der Waals surface area contributed by atoms with Gasteiger partial charge in [-0.2, -0.15) is 0 Å². The lowest BCUT2D eigenvalue weighted by molar-refractivity contribution is 0.579. The summed E-state index contributed by atoms with van der Waals surface area (Å²) in [5.41, 5.74) is 0. The molecule has 0 fully saturated rings. The fourth-order valence-corrected chi connectivity index (χ4v) is 2.22. The van der Waals surface area contributed by atoms with E-state index in [0.717, 1.165) is 0 Å². The smallest absolute Gasteiger partial charge is 0.00313 e. The normalized spacial score (nSPS) is 11.4. The predicted molar refractivity (Wildman–Crippen MR) is 79.4 cm³/mol. The van der Waals surface area contributed by atoms with Crippen LogP contribution in [0.5, 0.6) is 0 Å². The number of alkyl halides is 1. The monoisotopic (exact) mass is 288 g/mol. The maximum Gasteiger partial charge on any atom is 0.00313 e. The van der Waals surface area contributed by atoms with Gasteiger partial charge in [0.25, 0.3) is 0 Å². The second kappa shape index (κ2) is 15.2. The molecule has 0 aromatic carbocycles. The molecule has 0 amide bonds. The predicted octanol–water partition coefficient (Wildman–Crippen LogP) is 6.25. The molecule has 0 rings (SSSR count). The molecule has 0 saturated carbocycles. The van der Waals surface area contributed by atoms with Crippen LogP contribution in [-0.4, -0.2) is 5.33 Å². The van der Waals surface area contributed by atoms with Crippen LogP contribution in [0.2, 0.25) is 0 Å². The molecule has 0 N–H and O–H groups in total. The van der Waals surface area contributed by atoms with Crippen LogP contribution in [0, 0.1) is 0 Å². The lowest BCUT2D eigenvalue weighted by Gasteiger charge is -2.00. The summed E-state index contributed by atoms with van der Waals surface area (Å²) in [5.74, 6) is 0. The zero-order chi connectivity index (χ0) is 11.9. The van der Waals surface area contributed by atoms with Gasteiger partial charge in [0.1, 0.15) is 0 Å². The van der Waals surface area contributed by atoms with E-state index in [4.69, 9.17) is 0 Å². The lowest BCUT2D eigenvalue weighted by Crippen LogP contribution is -1.81. The summed E-state index contributed by atoms with van der Waals surface area (Å²) in [5, 5.41) is 1.18. The lowest BCUT2D eigenvalue weighted by atomic mass is 10.1. The molecule has 0 bridgehead atoms. The third-order valence-corrected chi connectivity index (χ3v) is 3.44. The first kappa shape index (κ1) is 16.2. The maximum absolute atomic E-state index is 3.47. The Bertz CT molecular complexity index is 140. The minimum atomic E-state index is 1.18. The van der Waals surface area contributed by atoms with Gasteiger partial charge in [-0.3, -0.25) is 0 Å². The van der Waals surface area contributed by atoms with Crippen molar-refractivity contribution in [2.75, 3.05) is 5.33 Å². The van der Waals surface area contributed by atoms with Crippen LogP contribution in [0.3, 0.4) is 0 Å². The highest BCUT2D eigenvalue weighted by Gasteiger charge is 1.91. The van der Waals surface area contributed by atoms with E-state index in [1.54, 1.807) is 0 Å². The summed E-state index contributed by atoms with van der Waals surface area (Å²) in [6, 6.07) is 0. The largest absolute Gasteiger partial charge is 0.0928 e. The molecule has 0 aliphatic rings. The molecule has 0 nitrogen and oxygen atoms in total. The Morgan fingerprint density at radius 3 is 1.75 bits per heavy atom. The van der Waals surface area contributed by atoms with Gasteiger partial charge in [0, 0.05) is 5.33 Å². The van der Waals surface area contributed by atoms with Crippen molar-refractivity contribution in [1.29, 1.82) is 0 Å². The van der Waals surface area contributed by atoms with Gasteiger partial charge in [-0.15, -0.1) is 0 Å².